The Labute approximate surface area is 140 Å². The van der Waals surface area contributed by atoms with Crippen molar-refractivity contribution in [2.45, 2.75) is 57.4 Å². The predicted octanol–water partition coefficient (Wildman–Crippen LogP) is 6.07. The second-order valence-electron chi connectivity index (χ2n) is 6.16. The second kappa shape index (κ2) is 6.70. The van der Waals surface area contributed by atoms with Crippen molar-refractivity contribution in [2.75, 3.05) is 0 Å². The van der Waals surface area contributed by atoms with E-state index in [1.54, 1.807) is 0 Å². The van der Waals surface area contributed by atoms with Crippen LogP contribution in [0, 0.1) is 5.92 Å². The van der Waals surface area contributed by atoms with Crippen LogP contribution in [-0.4, -0.2) is 9.55 Å². The third-order valence-electron chi connectivity index (χ3n) is 4.56. The Kier molecular flexibility index (Phi) is 4.90. The highest BCUT2D eigenvalue weighted by Crippen LogP contribution is 2.30. The SMILES string of the molecule is CC(Cl)c1nc2cc(Br)ccc2n1CCCC1CCCC1. The van der Waals surface area contributed by atoms with Crippen LogP contribution in [0.4, 0.5) is 0 Å². The van der Waals surface area contributed by atoms with Crippen molar-refractivity contribution >= 4 is 38.6 Å². The molecule has 114 valence electrons. The van der Waals surface area contributed by atoms with Crippen molar-refractivity contribution in [1.82, 2.24) is 9.55 Å². The Morgan fingerprint density at radius 2 is 2.14 bits per heavy atom. The molecule has 2 aromatic rings. The van der Waals surface area contributed by atoms with Crippen molar-refractivity contribution in [3.05, 3.63) is 28.5 Å². The number of aromatic nitrogens is 2. The van der Waals surface area contributed by atoms with Gasteiger partial charge in [-0.15, -0.1) is 11.6 Å². The lowest BCUT2D eigenvalue weighted by Gasteiger charge is -2.13. The molecule has 0 amide bonds. The quantitative estimate of drug-likeness (QED) is 0.585. The molecule has 3 rings (SSSR count). The molecule has 1 heterocycles. The minimum atomic E-state index is -0.0531. The Morgan fingerprint density at radius 1 is 1.38 bits per heavy atom. The Bertz CT molecular complexity index is 615. The first-order chi connectivity index (χ1) is 10.1. The predicted molar refractivity (Wildman–Crippen MR) is 92.9 cm³/mol. The first-order valence-electron chi connectivity index (χ1n) is 7.95. The summed E-state index contributed by atoms with van der Waals surface area (Å²) < 4.78 is 3.38. The molecule has 1 aliphatic rings. The number of fused-ring (bicyclic) bond motifs is 1. The molecule has 2 nitrogen and oxygen atoms in total. The number of imidazole rings is 1. The van der Waals surface area contributed by atoms with Gasteiger partial charge in [-0.25, -0.2) is 4.98 Å². The lowest BCUT2D eigenvalue weighted by molar-refractivity contribution is 0.457. The fourth-order valence-corrected chi connectivity index (χ4v) is 4.01. The molecular formula is C17H22BrClN2. The van der Waals surface area contributed by atoms with E-state index in [1.165, 1.54) is 44.0 Å². The number of hydrogen-bond acceptors (Lipinski definition) is 1. The third kappa shape index (κ3) is 3.45. The number of aryl methyl sites for hydroxylation is 1. The number of nitrogens with zero attached hydrogens (tertiary/aromatic N) is 2. The Balaban J connectivity index is 1.79. The molecular weight excluding hydrogens is 348 g/mol. The van der Waals surface area contributed by atoms with Gasteiger partial charge in [0.05, 0.1) is 16.4 Å². The molecule has 1 unspecified atom stereocenters. The molecule has 0 aliphatic heterocycles. The zero-order valence-corrected chi connectivity index (χ0v) is 14.8. The van der Waals surface area contributed by atoms with Gasteiger partial charge in [0.1, 0.15) is 5.82 Å². The van der Waals surface area contributed by atoms with Crippen LogP contribution in [0.25, 0.3) is 11.0 Å². The second-order valence-corrected chi connectivity index (χ2v) is 7.73. The summed E-state index contributed by atoms with van der Waals surface area (Å²) in [5.74, 6) is 1.95. The monoisotopic (exact) mass is 368 g/mol. The number of halogens is 2. The molecule has 1 aromatic carbocycles. The fraction of sp³-hybridized carbons (Fsp3) is 0.588. The maximum absolute atomic E-state index is 6.33. The van der Waals surface area contributed by atoms with E-state index in [-0.39, 0.29) is 5.38 Å². The van der Waals surface area contributed by atoms with Crippen molar-refractivity contribution in [1.29, 1.82) is 0 Å². The lowest BCUT2D eigenvalue weighted by Crippen LogP contribution is -2.06. The first-order valence-corrected chi connectivity index (χ1v) is 9.18. The van der Waals surface area contributed by atoms with Gasteiger partial charge in [0.2, 0.25) is 0 Å². The summed E-state index contributed by atoms with van der Waals surface area (Å²) in [6.45, 7) is 3.03. The minimum absolute atomic E-state index is 0.0531. The highest BCUT2D eigenvalue weighted by Gasteiger charge is 2.17. The number of benzene rings is 1. The van der Waals surface area contributed by atoms with E-state index in [0.717, 1.165) is 28.3 Å². The van der Waals surface area contributed by atoms with E-state index in [0.29, 0.717) is 0 Å². The van der Waals surface area contributed by atoms with E-state index in [1.807, 2.05) is 6.92 Å². The summed E-state index contributed by atoms with van der Waals surface area (Å²) in [5, 5.41) is -0.0531. The highest BCUT2D eigenvalue weighted by atomic mass is 79.9. The van der Waals surface area contributed by atoms with Gasteiger partial charge in [-0.3, -0.25) is 0 Å². The first kappa shape index (κ1) is 15.4. The maximum Gasteiger partial charge on any atom is 0.127 e. The molecule has 1 atom stereocenters. The van der Waals surface area contributed by atoms with Gasteiger partial charge in [0.15, 0.2) is 0 Å². The molecule has 1 fully saturated rings. The highest BCUT2D eigenvalue weighted by molar-refractivity contribution is 9.10. The van der Waals surface area contributed by atoms with Crippen molar-refractivity contribution in [3.8, 4) is 0 Å². The summed E-state index contributed by atoms with van der Waals surface area (Å²) in [4.78, 5) is 4.72. The van der Waals surface area contributed by atoms with Gasteiger partial charge in [0.25, 0.3) is 0 Å². The average molecular weight is 370 g/mol. The van der Waals surface area contributed by atoms with Gasteiger partial charge in [-0.05, 0) is 43.9 Å². The number of rotatable bonds is 5. The van der Waals surface area contributed by atoms with Crippen LogP contribution < -0.4 is 0 Å². The normalized spacial score (nSPS) is 17.7. The van der Waals surface area contributed by atoms with E-state index < -0.39 is 0 Å². The zero-order valence-electron chi connectivity index (χ0n) is 12.5. The van der Waals surface area contributed by atoms with Crippen molar-refractivity contribution < 1.29 is 0 Å². The largest absolute Gasteiger partial charge is 0.327 e. The number of alkyl halides is 1. The van der Waals surface area contributed by atoms with Crippen molar-refractivity contribution in [2.24, 2.45) is 5.92 Å². The van der Waals surface area contributed by atoms with Crippen LogP contribution in [0.5, 0.6) is 0 Å². The summed E-state index contributed by atoms with van der Waals surface area (Å²) >= 11 is 9.85. The van der Waals surface area contributed by atoms with Crippen LogP contribution in [-0.2, 0) is 6.54 Å². The van der Waals surface area contributed by atoms with Crippen LogP contribution in [0.1, 0.15) is 56.7 Å². The van der Waals surface area contributed by atoms with E-state index in [4.69, 9.17) is 16.6 Å². The molecule has 0 radical (unpaired) electrons. The van der Waals surface area contributed by atoms with E-state index in [2.05, 4.69) is 38.7 Å². The summed E-state index contributed by atoms with van der Waals surface area (Å²) in [6.07, 6.45) is 8.27. The van der Waals surface area contributed by atoms with Crippen molar-refractivity contribution in [3.63, 3.8) is 0 Å². The van der Waals surface area contributed by atoms with Gasteiger partial charge in [-0.2, -0.15) is 0 Å². The lowest BCUT2D eigenvalue weighted by atomic mass is 10.0. The molecule has 0 bridgehead atoms. The van der Waals surface area contributed by atoms with E-state index in [9.17, 15) is 0 Å². The number of hydrogen-bond donors (Lipinski definition) is 0. The molecule has 0 spiro atoms. The molecule has 1 aromatic heterocycles. The van der Waals surface area contributed by atoms with Crippen LogP contribution in [0.3, 0.4) is 0 Å². The molecule has 4 heteroatoms. The summed E-state index contributed by atoms with van der Waals surface area (Å²) in [6, 6.07) is 6.30. The molecule has 0 N–H and O–H groups in total. The summed E-state index contributed by atoms with van der Waals surface area (Å²) in [7, 11) is 0. The smallest absolute Gasteiger partial charge is 0.127 e. The molecule has 1 aliphatic carbocycles. The van der Waals surface area contributed by atoms with Crippen LogP contribution in [0.2, 0.25) is 0 Å². The third-order valence-corrected chi connectivity index (χ3v) is 5.25. The maximum atomic E-state index is 6.33. The van der Waals surface area contributed by atoms with Gasteiger partial charge < -0.3 is 4.57 Å². The van der Waals surface area contributed by atoms with Crippen LogP contribution in [0.15, 0.2) is 22.7 Å². The topological polar surface area (TPSA) is 17.8 Å². The zero-order chi connectivity index (χ0) is 14.8. The Morgan fingerprint density at radius 3 is 2.86 bits per heavy atom. The van der Waals surface area contributed by atoms with Gasteiger partial charge in [-0.1, -0.05) is 41.6 Å². The van der Waals surface area contributed by atoms with Gasteiger partial charge >= 0.3 is 0 Å². The molecule has 21 heavy (non-hydrogen) atoms. The van der Waals surface area contributed by atoms with Crippen LogP contribution >= 0.6 is 27.5 Å². The average Bonchev–Trinajstić information content (AvgIpc) is 3.06. The molecule has 0 saturated heterocycles. The molecule has 1 saturated carbocycles. The fourth-order valence-electron chi connectivity index (χ4n) is 3.50. The summed E-state index contributed by atoms with van der Waals surface area (Å²) in [5.41, 5.74) is 2.24. The Hall–Kier alpha value is -0.540. The van der Waals surface area contributed by atoms with Gasteiger partial charge in [0, 0.05) is 11.0 Å². The standard InChI is InChI=1S/C17H22BrClN2/c1-12(19)17-20-15-11-14(18)8-9-16(15)21(17)10-4-7-13-5-2-3-6-13/h8-9,11-13H,2-7,10H2,1H3. The minimum Gasteiger partial charge on any atom is -0.327 e. The van der Waals surface area contributed by atoms with E-state index >= 15 is 0 Å².